The fourth-order valence-electron chi connectivity index (χ4n) is 3.83. The van der Waals surface area contributed by atoms with Crippen LogP contribution in [0.1, 0.15) is 37.0 Å². The van der Waals surface area contributed by atoms with Gasteiger partial charge < -0.3 is 24.4 Å². The smallest absolute Gasteiger partial charge is 0.256 e. The zero-order valence-electron chi connectivity index (χ0n) is 20.6. The fraction of sp³-hybridized carbons (Fsp3) is 0.440. The van der Waals surface area contributed by atoms with Crippen LogP contribution in [0.4, 0.5) is 5.82 Å². The topological polar surface area (TPSA) is 108 Å². The van der Waals surface area contributed by atoms with E-state index in [0.717, 1.165) is 19.5 Å². The second-order valence-electron chi connectivity index (χ2n) is 8.64. The van der Waals surface area contributed by atoms with Gasteiger partial charge in [0.2, 0.25) is 5.88 Å². The molecule has 2 amide bonds. The molecule has 3 heterocycles. The number of ether oxygens (including phenoxy) is 3. The average Bonchev–Trinajstić information content (AvgIpc) is 3.26. The highest BCUT2D eigenvalue weighted by Crippen LogP contribution is 2.29. The standard InChI is InChI=1S/C25H30ClN5O5/c1-4-31-9-6-22(29-31)28-23(32)17-10-19(35-16(2)15-34-3)13-20(11-17)36-24-21(26)12-18(14-27-24)25(33)30-7-5-8-30/h6,9-12,14,16,20H,4-5,7-8,13,15H2,1-3H3,(H,28,29,32)/t16-,20?/m0/s1. The van der Waals surface area contributed by atoms with Crippen molar-refractivity contribution >= 4 is 29.2 Å². The van der Waals surface area contributed by atoms with Gasteiger partial charge >= 0.3 is 0 Å². The Hall–Kier alpha value is -3.37. The SMILES string of the molecule is CCn1ccc(NC(=O)C2=CC(Oc3ncc(C(=O)N4CCC4)cc3Cl)CC(O[C@@H](C)COC)=C2)n1. The molecule has 1 aliphatic carbocycles. The Labute approximate surface area is 214 Å². The highest BCUT2D eigenvalue weighted by atomic mass is 35.5. The molecule has 4 rings (SSSR count). The maximum absolute atomic E-state index is 13.0. The number of pyridine rings is 1. The quantitative estimate of drug-likeness (QED) is 0.516. The van der Waals surface area contributed by atoms with Gasteiger partial charge in [0.25, 0.3) is 11.8 Å². The molecule has 2 aliphatic rings. The zero-order valence-corrected chi connectivity index (χ0v) is 21.3. The van der Waals surface area contributed by atoms with Crippen LogP contribution in [0.5, 0.6) is 5.88 Å². The minimum Gasteiger partial charge on any atom is -0.492 e. The van der Waals surface area contributed by atoms with Crippen LogP contribution in [-0.2, 0) is 20.8 Å². The number of carbonyl (C=O) groups excluding carboxylic acids is 2. The number of aryl methyl sites for hydroxylation is 1. The van der Waals surface area contributed by atoms with E-state index in [9.17, 15) is 9.59 Å². The molecule has 2 atom stereocenters. The van der Waals surface area contributed by atoms with Gasteiger partial charge in [0.05, 0.1) is 12.2 Å². The average molecular weight is 516 g/mol. The van der Waals surface area contributed by atoms with E-state index in [4.69, 9.17) is 25.8 Å². The summed E-state index contributed by atoms with van der Waals surface area (Å²) in [6, 6.07) is 3.29. The molecule has 1 unspecified atom stereocenters. The monoisotopic (exact) mass is 515 g/mol. The van der Waals surface area contributed by atoms with Crippen molar-refractivity contribution in [1.82, 2.24) is 19.7 Å². The van der Waals surface area contributed by atoms with Crippen molar-refractivity contribution in [3.05, 3.63) is 58.6 Å². The molecule has 2 aromatic heterocycles. The number of hydrogen-bond acceptors (Lipinski definition) is 7. The Morgan fingerprint density at radius 1 is 1.33 bits per heavy atom. The molecular weight excluding hydrogens is 486 g/mol. The maximum atomic E-state index is 13.0. The molecule has 0 spiro atoms. The van der Waals surface area contributed by atoms with Crippen molar-refractivity contribution in [2.75, 3.05) is 32.1 Å². The summed E-state index contributed by atoms with van der Waals surface area (Å²) in [6.45, 7) is 6.40. The van der Waals surface area contributed by atoms with E-state index in [2.05, 4.69) is 15.4 Å². The fourth-order valence-corrected chi connectivity index (χ4v) is 4.04. The molecule has 0 saturated carbocycles. The van der Waals surface area contributed by atoms with E-state index in [1.165, 1.54) is 6.20 Å². The van der Waals surface area contributed by atoms with E-state index >= 15 is 0 Å². The number of nitrogens with one attached hydrogen (secondary N) is 1. The molecule has 0 bridgehead atoms. The van der Waals surface area contributed by atoms with E-state index < -0.39 is 6.10 Å². The zero-order chi connectivity index (χ0) is 25.7. The first-order valence-electron chi connectivity index (χ1n) is 11.9. The van der Waals surface area contributed by atoms with Crippen LogP contribution in [0, 0.1) is 0 Å². The number of nitrogens with zero attached hydrogens (tertiary/aromatic N) is 4. The molecule has 1 aliphatic heterocycles. The van der Waals surface area contributed by atoms with Gasteiger partial charge in [-0.15, -0.1) is 0 Å². The van der Waals surface area contributed by atoms with Crippen LogP contribution in [0.15, 0.2) is 48.0 Å². The van der Waals surface area contributed by atoms with Gasteiger partial charge in [0, 0.05) is 57.2 Å². The molecule has 1 fully saturated rings. The largest absolute Gasteiger partial charge is 0.492 e. The third-order valence-corrected chi connectivity index (χ3v) is 6.04. The summed E-state index contributed by atoms with van der Waals surface area (Å²) in [4.78, 5) is 31.5. The van der Waals surface area contributed by atoms with Crippen LogP contribution >= 0.6 is 11.6 Å². The van der Waals surface area contributed by atoms with E-state index in [1.54, 1.807) is 47.2 Å². The third kappa shape index (κ3) is 6.24. The van der Waals surface area contributed by atoms with Gasteiger partial charge in [-0.2, -0.15) is 5.10 Å². The minimum atomic E-state index is -0.573. The lowest BCUT2D eigenvalue weighted by atomic mass is 10.0. The molecule has 192 valence electrons. The molecule has 2 aromatic rings. The summed E-state index contributed by atoms with van der Waals surface area (Å²) in [6.07, 6.45) is 7.19. The first kappa shape index (κ1) is 25.7. The number of anilines is 1. The molecule has 0 aromatic carbocycles. The van der Waals surface area contributed by atoms with Gasteiger partial charge in [-0.25, -0.2) is 4.98 Å². The molecule has 0 radical (unpaired) electrons. The lowest BCUT2D eigenvalue weighted by Gasteiger charge is -2.30. The van der Waals surface area contributed by atoms with E-state index in [-0.39, 0.29) is 28.8 Å². The van der Waals surface area contributed by atoms with Crippen molar-refractivity contribution in [1.29, 1.82) is 0 Å². The molecular formula is C25H30ClN5O5. The van der Waals surface area contributed by atoms with Gasteiger partial charge in [-0.3, -0.25) is 14.3 Å². The third-order valence-electron chi connectivity index (χ3n) is 5.77. The number of methoxy groups -OCH3 is 1. The van der Waals surface area contributed by atoms with Crippen LogP contribution in [0.2, 0.25) is 5.02 Å². The summed E-state index contributed by atoms with van der Waals surface area (Å²) < 4.78 is 18.9. The first-order valence-corrected chi connectivity index (χ1v) is 12.3. The van der Waals surface area contributed by atoms with Crippen LogP contribution in [0.25, 0.3) is 0 Å². The number of amides is 2. The second kappa shape index (κ2) is 11.6. The van der Waals surface area contributed by atoms with Crippen LogP contribution in [-0.4, -0.2) is 70.5 Å². The van der Waals surface area contributed by atoms with Gasteiger partial charge in [-0.1, -0.05) is 11.6 Å². The lowest BCUT2D eigenvalue weighted by molar-refractivity contribution is -0.112. The Morgan fingerprint density at radius 2 is 2.14 bits per heavy atom. The normalized spacial score (nSPS) is 18.0. The lowest BCUT2D eigenvalue weighted by Crippen LogP contribution is -2.42. The minimum absolute atomic E-state index is 0.102. The molecule has 1 N–H and O–H groups in total. The highest BCUT2D eigenvalue weighted by Gasteiger charge is 2.26. The van der Waals surface area contributed by atoms with Gasteiger partial charge in [0.1, 0.15) is 23.0 Å². The van der Waals surface area contributed by atoms with Crippen molar-refractivity contribution in [3.8, 4) is 5.88 Å². The Kier molecular flexibility index (Phi) is 8.27. The van der Waals surface area contributed by atoms with Crippen molar-refractivity contribution in [2.45, 2.75) is 45.4 Å². The number of rotatable bonds is 10. The number of carbonyl (C=O) groups is 2. The first-order chi connectivity index (χ1) is 17.4. The summed E-state index contributed by atoms with van der Waals surface area (Å²) in [5.41, 5.74) is 0.771. The number of halogens is 1. The second-order valence-corrected chi connectivity index (χ2v) is 9.05. The Balaban J connectivity index is 1.51. The van der Waals surface area contributed by atoms with Crippen molar-refractivity contribution < 1.29 is 23.8 Å². The van der Waals surface area contributed by atoms with Crippen LogP contribution in [0.3, 0.4) is 0 Å². The predicted molar refractivity (Wildman–Crippen MR) is 134 cm³/mol. The Morgan fingerprint density at radius 3 is 2.78 bits per heavy atom. The number of hydrogen-bond donors (Lipinski definition) is 1. The van der Waals surface area contributed by atoms with Gasteiger partial charge in [0.15, 0.2) is 5.82 Å². The maximum Gasteiger partial charge on any atom is 0.256 e. The molecule has 36 heavy (non-hydrogen) atoms. The van der Waals surface area contributed by atoms with Gasteiger partial charge in [-0.05, 0) is 38.5 Å². The highest BCUT2D eigenvalue weighted by molar-refractivity contribution is 6.32. The summed E-state index contributed by atoms with van der Waals surface area (Å²) in [7, 11) is 1.60. The van der Waals surface area contributed by atoms with E-state index in [0.29, 0.717) is 42.3 Å². The molecule has 11 heteroatoms. The summed E-state index contributed by atoms with van der Waals surface area (Å²) in [5.74, 6) is 0.735. The van der Waals surface area contributed by atoms with Crippen molar-refractivity contribution in [3.63, 3.8) is 0 Å². The van der Waals surface area contributed by atoms with E-state index in [1.807, 2.05) is 13.8 Å². The molecule has 10 nitrogen and oxygen atoms in total. The van der Waals surface area contributed by atoms with Crippen molar-refractivity contribution in [2.24, 2.45) is 0 Å². The molecule has 1 saturated heterocycles. The Bertz CT molecular complexity index is 1170. The summed E-state index contributed by atoms with van der Waals surface area (Å²) in [5, 5.41) is 7.32. The summed E-state index contributed by atoms with van der Waals surface area (Å²) >= 11 is 6.41. The number of aromatic nitrogens is 3. The number of likely N-dealkylation sites (tertiary alicyclic amines) is 1. The predicted octanol–water partition coefficient (Wildman–Crippen LogP) is 3.45. The van der Waals surface area contributed by atoms with Crippen LogP contribution < -0.4 is 10.1 Å².